The molecule has 0 unspecified atom stereocenters. The zero-order valence-electron chi connectivity index (χ0n) is 21.7. The Balaban J connectivity index is 1.29. The number of likely N-dealkylation sites (tertiary alicyclic amines) is 1. The summed E-state index contributed by atoms with van der Waals surface area (Å²) in [7, 11) is 0. The molecule has 4 aromatic rings. The normalized spacial score (nSPS) is 16.9. The molecule has 2 aromatic heterocycles. The van der Waals surface area contributed by atoms with Crippen molar-refractivity contribution in [1.29, 1.82) is 0 Å². The summed E-state index contributed by atoms with van der Waals surface area (Å²) in [5.74, 6) is -0.550. The highest BCUT2D eigenvalue weighted by Gasteiger charge is 2.59. The highest BCUT2D eigenvalue weighted by Crippen LogP contribution is 2.42. The number of aromatic amines is 1. The highest BCUT2D eigenvalue weighted by atomic mass is 16.7. The topological polar surface area (TPSA) is 165 Å². The van der Waals surface area contributed by atoms with Crippen LogP contribution in [0, 0.1) is 0 Å². The van der Waals surface area contributed by atoms with E-state index in [2.05, 4.69) is 19.9 Å². The molecule has 2 fully saturated rings. The number of ether oxygens (including phenoxy) is 1. The number of imide groups is 1. The van der Waals surface area contributed by atoms with Gasteiger partial charge in [0.2, 0.25) is 11.8 Å². The number of rotatable bonds is 6. The number of piperidine rings is 1. The molecule has 2 aliphatic rings. The van der Waals surface area contributed by atoms with Gasteiger partial charge in [0.15, 0.2) is 0 Å². The van der Waals surface area contributed by atoms with Crippen LogP contribution in [0.15, 0.2) is 73.3 Å². The number of carboxylic acid groups (broad SMARTS) is 1. The minimum Gasteiger partial charge on any atom is -0.493 e. The van der Waals surface area contributed by atoms with Crippen LogP contribution in [0.3, 0.4) is 0 Å². The molecule has 0 atom stereocenters. The lowest BCUT2D eigenvalue weighted by Crippen LogP contribution is -2.57. The Morgan fingerprint density at radius 2 is 1.68 bits per heavy atom. The van der Waals surface area contributed by atoms with Gasteiger partial charge in [-0.2, -0.15) is 0 Å². The van der Waals surface area contributed by atoms with Gasteiger partial charge in [-0.1, -0.05) is 42.5 Å². The van der Waals surface area contributed by atoms with Gasteiger partial charge in [-0.3, -0.25) is 14.6 Å². The van der Waals surface area contributed by atoms with Crippen molar-refractivity contribution < 1.29 is 29.3 Å². The lowest BCUT2D eigenvalue weighted by atomic mass is 9.85. The van der Waals surface area contributed by atoms with Crippen LogP contribution in [-0.2, 0) is 11.3 Å². The smallest absolute Gasteiger partial charge is 0.493 e. The fourth-order valence-electron chi connectivity index (χ4n) is 5.44. The summed E-state index contributed by atoms with van der Waals surface area (Å²) in [6, 6.07) is 17.7. The van der Waals surface area contributed by atoms with Crippen molar-refractivity contribution in [3.63, 3.8) is 0 Å². The number of aromatic nitrogens is 4. The van der Waals surface area contributed by atoms with Crippen molar-refractivity contribution in [2.75, 3.05) is 22.9 Å². The first-order valence-corrected chi connectivity index (χ1v) is 12.9. The van der Waals surface area contributed by atoms with Gasteiger partial charge < -0.3 is 19.9 Å². The monoisotopic (exact) mass is 555 g/mol. The van der Waals surface area contributed by atoms with E-state index >= 15 is 0 Å². The van der Waals surface area contributed by atoms with E-state index in [0.29, 0.717) is 24.5 Å². The summed E-state index contributed by atoms with van der Waals surface area (Å²) >= 11 is 0. The molecule has 0 radical (unpaired) electrons. The number of hydrogen-bond acceptors (Lipinski definition) is 9. The van der Waals surface area contributed by atoms with Crippen LogP contribution >= 0.6 is 0 Å². The second-order valence-electron chi connectivity index (χ2n) is 9.76. The zero-order valence-corrected chi connectivity index (χ0v) is 21.7. The third-order valence-corrected chi connectivity index (χ3v) is 7.44. The SMILES string of the molecule is O=C(O)Oc1[nH]cnc1CN1CCC2(CC1)C(=O)N(c1ccc(-c3ccccc3)cc1)C(=O)N2c1cc(O)ncn1. The molecule has 13 nitrogen and oxygen atoms in total. The van der Waals surface area contributed by atoms with E-state index < -0.39 is 17.7 Å². The van der Waals surface area contributed by atoms with E-state index in [1.165, 1.54) is 17.3 Å². The minimum atomic E-state index is -1.45. The number of imidazole rings is 1. The van der Waals surface area contributed by atoms with Crippen LogP contribution < -0.4 is 14.5 Å². The third kappa shape index (κ3) is 4.72. The highest BCUT2D eigenvalue weighted by molar-refractivity contribution is 6.30. The quantitative estimate of drug-likeness (QED) is 0.236. The fraction of sp³-hybridized carbons (Fsp3) is 0.214. The maximum absolute atomic E-state index is 14.2. The molecule has 3 amide bonds. The van der Waals surface area contributed by atoms with E-state index in [4.69, 9.17) is 9.84 Å². The molecule has 0 saturated carbocycles. The lowest BCUT2D eigenvalue weighted by molar-refractivity contribution is -0.123. The Hall–Kier alpha value is -5.30. The van der Waals surface area contributed by atoms with Crippen molar-refractivity contribution in [1.82, 2.24) is 24.8 Å². The molecule has 0 aliphatic carbocycles. The standard InChI is InChI=1S/C28H25N7O6/c36-23-14-22(30-17-31-23)35-26(38)34(20-8-6-19(7-9-20)18-4-2-1-3-5-18)25(37)28(35)10-12-33(13-11-28)15-21-24(32-16-29-21)41-27(39)40/h1-9,14,16-17H,10-13,15H2,(H,29,32)(H,39,40)(H,30,31,36). The number of nitrogens with one attached hydrogen (secondary N) is 1. The maximum atomic E-state index is 14.2. The fourth-order valence-corrected chi connectivity index (χ4v) is 5.44. The van der Waals surface area contributed by atoms with E-state index in [1.54, 1.807) is 12.1 Å². The summed E-state index contributed by atoms with van der Waals surface area (Å²) in [5, 5.41) is 19.0. The molecule has 2 aliphatic heterocycles. The van der Waals surface area contributed by atoms with Crippen LogP contribution in [0.2, 0.25) is 0 Å². The van der Waals surface area contributed by atoms with Gasteiger partial charge >= 0.3 is 12.2 Å². The lowest BCUT2D eigenvalue weighted by Gasteiger charge is -2.41. The average molecular weight is 556 g/mol. The third-order valence-electron chi connectivity index (χ3n) is 7.44. The molecule has 3 N–H and O–H groups in total. The zero-order chi connectivity index (χ0) is 28.6. The van der Waals surface area contributed by atoms with Crippen LogP contribution in [0.5, 0.6) is 11.8 Å². The van der Waals surface area contributed by atoms with E-state index in [0.717, 1.165) is 22.4 Å². The second kappa shape index (κ2) is 10.4. The van der Waals surface area contributed by atoms with Gasteiger partial charge in [-0.15, -0.1) is 0 Å². The first-order chi connectivity index (χ1) is 19.9. The molecule has 41 heavy (non-hydrogen) atoms. The first kappa shape index (κ1) is 26.0. The van der Waals surface area contributed by atoms with Crippen molar-refractivity contribution in [2.24, 2.45) is 0 Å². The van der Waals surface area contributed by atoms with Crippen LogP contribution in [0.4, 0.5) is 21.1 Å². The van der Waals surface area contributed by atoms with Crippen molar-refractivity contribution in [2.45, 2.75) is 24.9 Å². The number of carbonyl (C=O) groups excluding carboxylic acids is 2. The molecule has 208 valence electrons. The molecular weight excluding hydrogens is 530 g/mol. The number of aromatic hydroxyl groups is 1. The molecule has 4 heterocycles. The maximum Gasteiger partial charge on any atom is 0.512 e. The van der Waals surface area contributed by atoms with E-state index in [1.807, 2.05) is 47.4 Å². The van der Waals surface area contributed by atoms with Crippen molar-refractivity contribution >= 4 is 29.6 Å². The number of urea groups is 1. The van der Waals surface area contributed by atoms with Gasteiger partial charge in [-0.25, -0.2) is 29.4 Å². The predicted molar refractivity (Wildman–Crippen MR) is 145 cm³/mol. The Morgan fingerprint density at radius 3 is 2.37 bits per heavy atom. The largest absolute Gasteiger partial charge is 0.512 e. The van der Waals surface area contributed by atoms with Gasteiger partial charge in [-0.05, 0) is 36.1 Å². The Labute approximate surface area is 233 Å². The Kier molecular flexibility index (Phi) is 6.55. The Bertz CT molecular complexity index is 1600. The molecule has 1 spiro atoms. The van der Waals surface area contributed by atoms with Crippen molar-refractivity contribution in [3.05, 3.63) is 79.0 Å². The number of carbonyl (C=O) groups is 3. The van der Waals surface area contributed by atoms with Gasteiger partial charge in [0, 0.05) is 25.7 Å². The molecule has 13 heteroatoms. The molecule has 2 aromatic carbocycles. The number of hydrogen-bond donors (Lipinski definition) is 3. The summed E-state index contributed by atoms with van der Waals surface area (Å²) in [6.45, 7) is 1.07. The van der Waals surface area contributed by atoms with E-state index in [-0.39, 0.29) is 42.9 Å². The van der Waals surface area contributed by atoms with Crippen molar-refractivity contribution in [3.8, 4) is 22.9 Å². The van der Waals surface area contributed by atoms with Crippen LogP contribution in [-0.4, -0.2) is 71.8 Å². The van der Waals surface area contributed by atoms with Gasteiger partial charge in [0.25, 0.3) is 5.91 Å². The van der Waals surface area contributed by atoms with Gasteiger partial charge in [0.05, 0.1) is 12.0 Å². The average Bonchev–Trinajstić information content (AvgIpc) is 3.48. The molecule has 6 rings (SSSR count). The summed E-state index contributed by atoms with van der Waals surface area (Å²) < 4.78 is 4.76. The second-order valence-corrected chi connectivity index (χ2v) is 9.76. The minimum absolute atomic E-state index is 0.0353. The summed E-state index contributed by atoms with van der Waals surface area (Å²) in [5.41, 5.74) is 1.54. The molecular formula is C28H25N7O6. The summed E-state index contributed by atoms with van der Waals surface area (Å²) in [4.78, 5) is 58.4. The van der Waals surface area contributed by atoms with E-state index in [9.17, 15) is 19.5 Å². The Morgan fingerprint density at radius 1 is 0.976 bits per heavy atom. The number of nitrogens with zero attached hydrogens (tertiary/aromatic N) is 6. The van der Waals surface area contributed by atoms with Crippen LogP contribution in [0.25, 0.3) is 11.1 Å². The predicted octanol–water partition coefficient (Wildman–Crippen LogP) is 3.64. The number of anilines is 2. The van der Waals surface area contributed by atoms with Gasteiger partial charge in [0.1, 0.15) is 23.4 Å². The first-order valence-electron chi connectivity index (χ1n) is 12.9. The molecule has 0 bridgehead atoms. The number of amides is 3. The molecule has 2 saturated heterocycles. The number of H-pyrrole nitrogens is 1. The number of benzene rings is 2. The summed E-state index contributed by atoms with van der Waals surface area (Å²) in [6.07, 6.45) is 1.57. The van der Waals surface area contributed by atoms with Crippen LogP contribution in [0.1, 0.15) is 18.5 Å².